The number of rotatable bonds is 7. The minimum Gasteiger partial charge on any atom is -0.497 e. The van der Waals surface area contributed by atoms with Gasteiger partial charge in [-0.15, -0.1) is 0 Å². The van der Waals surface area contributed by atoms with Crippen molar-refractivity contribution in [1.82, 2.24) is 9.80 Å². The summed E-state index contributed by atoms with van der Waals surface area (Å²) in [5.74, 6) is 1.06. The second-order valence-corrected chi connectivity index (χ2v) is 7.27. The maximum absolute atomic E-state index is 12.9. The fourth-order valence-electron chi connectivity index (χ4n) is 3.50. The molecule has 2 amide bonds. The van der Waals surface area contributed by atoms with Crippen LogP contribution in [0.4, 0.5) is 5.69 Å². The third-order valence-corrected chi connectivity index (χ3v) is 5.24. The van der Waals surface area contributed by atoms with E-state index < -0.39 is 0 Å². The van der Waals surface area contributed by atoms with Crippen LogP contribution in [0.1, 0.15) is 22.8 Å². The first-order valence-corrected chi connectivity index (χ1v) is 10.2. The Morgan fingerprint density at radius 2 is 1.63 bits per heavy atom. The highest BCUT2D eigenvalue weighted by atomic mass is 16.5. The summed E-state index contributed by atoms with van der Waals surface area (Å²) in [6, 6.07) is 13.1. The van der Waals surface area contributed by atoms with Crippen molar-refractivity contribution in [3.05, 3.63) is 53.6 Å². The molecule has 7 heteroatoms. The van der Waals surface area contributed by atoms with Crippen LogP contribution in [0.25, 0.3) is 0 Å². The largest absolute Gasteiger partial charge is 0.497 e. The number of anilines is 1. The van der Waals surface area contributed by atoms with Crippen LogP contribution in [0.15, 0.2) is 42.5 Å². The summed E-state index contributed by atoms with van der Waals surface area (Å²) in [5, 5.41) is 2.96. The van der Waals surface area contributed by atoms with Crippen molar-refractivity contribution >= 4 is 17.5 Å². The summed E-state index contributed by atoms with van der Waals surface area (Å²) in [5.41, 5.74) is 2.54. The van der Waals surface area contributed by atoms with Crippen LogP contribution in [-0.2, 0) is 11.2 Å². The summed E-state index contributed by atoms with van der Waals surface area (Å²) in [4.78, 5) is 29.1. The SMILES string of the molecule is CCc1cccc(NC(=O)CN2CCN(C(=O)c3cc(OC)cc(OC)c3)CC2)c1. The van der Waals surface area contributed by atoms with Crippen LogP contribution < -0.4 is 14.8 Å². The second kappa shape index (κ2) is 10.1. The average molecular weight is 412 g/mol. The van der Waals surface area contributed by atoms with Crippen molar-refractivity contribution in [1.29, 1.82) is 0 Å². The van der Waals surface area contributed by atoms with Gasteiger partial charge < -0.3 is 19.7 Å². The molecule has 0 radical (unpaired) electrons. The minimum atomic E-state index is -0.0623. The molecule has 1 fully saturated rings. The second-order valence-electron chi connectivity index (χ2n) is 7.27. The molecule has 1 heterocycles. The van der Waals surface area contributed by atoms with E-state index in [1.54, 1.807) is 37.3 Å². The van der Waals surface area contributed by atoms with Crippen LogP contribution in [0.3, 0.4) is 0 Å². The van der Waals surface area contributed by atoms with Crippen molar-refractivity contribution in [2.75, 3.05) is 52.3 Å². The van der Waals surface area contributed by atoms with Gasteiger partial charge in [-0.2, -0.15) is 0 Å². The number of ether oxygens (including phenoxy) is 2. The average Bonchev–Trinajstić information content (AvgIpc) is 2.78. The Hall–Kier alpha value is -3.06. The molecule has 0 spiro atoms. The minimum absolute atomic E-state index is 0.0411. The Morgan fingerprint density at radius 1 is 0.967 bits per heavy atom. The molecule has 2 aromatic carbocycles. The van der Waals surface area contributed by atoms with Gasteiger partial charge >= 0.3 is 0 Å². The molecule has 0 aliphatic carbocycles. The molecule has 0 saturated carbocycles. The first kappa shape index (κ1) is 21.6. The van der Waals surface area contributed by atoms with Crippen LogP contribution in [0.2, 0.25) is 0 Å². The zero-order valence-electron chi connectivity index (χ0n) is 17.8. The molecule has 2 aromatic rings. The fourth-order valence-corrected chi connectivity index (χ4v) is 3.50. The highest BCUT2D eigenvalue weighted by molar-refractivity contribution is 5.95. The van der Waals surface area contributed by atoms with Crippen molar-refractivity contribution < 1.29 is 19.1 Å². The van der Waals surface area contributed by atoms with Crippen molar-refractivity contribution in [2.45, 2.75) is 13.3 Å². The van der Waals surface area contributed by atoms with E-state index in [0.717, 1.165) is 12.1 Å². The number of carbonyl (C=O) groups excluding carboxylic acids is 2. The Balaban J connectivity index is 1.53. The van der Waals surface area contributed by atoms with Gasteiger partial charge in [0.1, 0.15) is 11.5 Å². The quantitative estimate of drug-likeness (QED) is 0.759. The Morgan fingerprint density at radius 3 is 2.23 bits per heavy atom. The highest BCUT2D eigenvalue weighted by Gasteiger charge is 2.24. The van der Waals surface area contributed by atoms with Gasteiger partial charge in [0.05, 0.1) is 20.8 Å². The number of hydrogen-bond acceptors (Lipinski definition) is 5. The third kappa shape index (κ3) is 5.51. The van der Waals surface area contributed by atoms with Gasteiger partial charge in [0.2, 0.25) is 5.91 Å². The number of methoxy groups -OCH3 is 2. The van der Waals surface area contributed by atoms with Gasteiger partial charge in [0.25, 0.3) is 5.91 Å². The standard InChI is InChI=1S/C23H29N3O4/c1-4-17-6-5-7-19(12-17)24-22(27)16-25-8-10-26(11-9-25)23(28)18-13-20(29-2)15-21(14-18)30-3/h5-7,12-15H,4,8-11,16H2,1-3H3,(H,24,27). The van der Waals surface area contributed by atoms with Gasteiger partial charge in [0, 0.05) is 43.5 Å². The number of nitrogens with zero attached hydrogens (tertiary/aromatic N) is 2. The molecule has 0 aromatic heterocycles. The molecule has 7 nitrogen and oxygen atoms in total. The molecule has 160 valence electrons. The fraction of sp³-hybridized carbons (Fsp3) is 0.391. The zero-order chi connectivity index (χ0) is 21.5. The summed E-state index contributed by atoms with van der Waals surface area (Å²) >= 11 is 0. The van der Waals surface area contributed by atoms with Gasteiger partial charge in [-0.25, -0.2) is 0 Å². The smallest absolute Gasteiger partial charge is 0.254 e. The van der Waals surface area contributed by atoms with Crippen LogP contribution in [-0.4, -0.2) is 68.6 Å². The number of benzene rings is 2. The van der Waals surface area contributed by atoms with E-state index in [1.165, 1.54) is 5.56 Å². The molecule has 1 saturated heterocycles. The van der Waals surface area contributed by atoms with Crippen molar-refractivity contribution in [3.63, 3.8) is 0 Å². The summed E-state index contributed by atoms with van der Waals surface area (Å²) in [6.45, 7) is 4.83. The lowest BCUT2D eigenvalue weighted by Gasteiger charge is -2.34. The Bertz CT molecular complexity index is 870. The van der Waals surface area contributed by atoms with E-state index in [4.69, 9.17) is 9.47 Å². The summed E-state index contributed by atoms with van der Waals surface area (Å²) in [7, 11) is 3.12. The lowest BCUT2D eigenvalue weighted by atomic mass is 10.1. The number of aryl methyl sites for hydroxylation is 1. The predicted octanol–water partition coefficient (Wildman–Crippen LogP) is 2.66. The Kier molecular flexibility index (Phi) is 7.30. The zero-order valence-corrected chi connectivity index (χ0v) is 17.8. The maximum atomic E-state index is 12.9. The molecule has 30 heavy (non-hydrogen) atoms. The molecule has 0 unspecified atom stereocenters. The molecule has 1 N–H and O–H groups in total. The van der Waals surface area contributed by atoms with Gasteiger partial charge in [0.15, 0.2) is 0 Å². The number of piperazine rings is 1. The number of carbonyl (C=O) groups is 2. The van der Waals surface area contributed by atoms with E-state index in [1.807, 2.05) is 24.3 Å². The van der Waals surface area contributed by atoms with E-state index >= 15 is 0 Å². The van der Waals surface area contributed by atoms with Crippen LogP contribution in [0, 0.1) is 0 Å². The molecule has 3 rings (SSSR count). The first-order chi connectivity index (χ1) is 14.5. The number of amides is 2. The van der Waals surface area contributed by atoms with Crippen LogP contribution >= 0.6 is 0 Å². The van der Waals surface area contributed by atoms with Gasteiger partial charge in [-0.1, -0.05) is 19.1 Å². The predicted molar refractivity (Wildman–Crippen MR) is 116 cm³/mol. The molecule has 1 aliphatic heterocycles. The van der Waals surface area contributed by atoms with E-state index in [0.29, 0.717) is 49.8 Å². The summed E-state index contributed by atoms with van der Waals surface area (Å²) in [6.07, 6.45) is 0.929. The normalized spacial score (nSPS) is 14.3. The number of hydrogen-bond donors (Lipinski definition) is 1. The lowest BCUT2D eigenvalue weighted by Crippen LogP contribution is -2.50. The molecule has 0 bridgehead atoms. The molecular weight excluding hydrogens is 382 g/mol. The van der Waals surface area contributed by atoms with Gasteiger partial charge in [-0.3, -0.25) is 14.5 Å². The monoisotopic (exact) mass is 411 g/mol. The number of nitrogens with one attached hydrogen (secondary N) is 1. The van der Waals surface area contributed by atoms with Crippen molar-refractivity contribution in [2.24, 2.45) is 0 Å². The topological polar surface area (TPSA) is 71.1 Å². The van der Waals surface area contributed by atoms with E-state index in [9.17, 15) is 9.59 Å². The highest BCUT2D eigenvalue weighted by Crippen LogP contribution is 2.23. The maximum Gasteiger partial charge on any atom is 0.254 e. The third-order valence-electron chi connectivity index (χ3n) is 5.24. The van der Waals surface area contributed by atoms with Gasteiger partial charge in [-0.05, 0) is 36.2 Å². The van der Waals surface area contributed by atoms with Crippen molar-refractivity contribution in [3.8, 4) is 11.5 Å². The Labute approximate surface area is 177 Å². The van der Waals surface area contributed by atoms with E-state index in [2.05, 4.69) is 17.1 Å². The molecule has 0 atom stereocenters. The molecule has 1 aliphatic rings. The van der Waals surface area contributed by atoms with E-state index in [-0.39, 0.29) is 11.8 Å². The summed E-state index contributed by atoms with van der Waals surface area (Å²) < 4.78 is 10.5. The van der Waals surface area contributed by atoms with Crippen LogP contribution in [0.5, 0.6) is 11.5 Å². The first-order valence-electron chi connectivity index (χ1n) is 10.2. The lowest BCUT2D eigenvalue weighted by molar-refractivity contribution is -0.117. The molecular formula is C23H29N3O4.